The number of aromatic nitrogens is 2. The minimum Gasteiger partial charge on any atom is -0.394 e. The number of rotatable bonds is 3. The molecule has 0 saturated carbocycles. The number of aliphatic hydroxyl groups is 1. The van der Waals surface area contributed by atoms with Gasteiger partial charge in [0.05, 0.1) is 30.9 Å². The van der Waals surface area contributed by atoms with Crippen molar-refractivity contribution in [2.75, 3.05) is 19.8 Å². The van der Waals surface area contributed by atoms with Gasteiger partial charge in [-0.25, -0.2) is 0 Å². The summed E-state index contributed by atoms with van der Waals surface area (Å²) in [5.41, 5.74) is 1.34. The van der Waals surface area contributed by atoms with Gasteiger partial charge in [-0.2, -0.15) is 5.10 Å². The summed E-state index contributed by atoms with van der Waals surface area (Å²) in [6, 6.07) is 1.88. The van der Waals surface area contributed by atoms with Crippen LogP contribution in [0.1, 0.15) is 63.6 Å². The molecule has 1 aliphatic rings. The molecule has 2 atom stereocenters. The molecular weight excluding hydrogens is 294 g/mol. The van der Waals surface area contributed by atoms with Crippen LogP contribution in [0.25, 0.3) is 0 Å². The monoisotopic (exact) mass is 323 g/mol. The standard InChI is InChI=1S/C17H29N3O3/c1-11(2)15-7-14(18-20(15)17(4,5)6)16(22)19-8-13(9-21)23-10-12(19)3/h7,11-13,21H,8-10H2,1-6H3. The molecule has 0 bridgehead atoms. The third kappa shape index (κ3) is 3.75. The van der Waals surface area contributed by atoms with E-state index in [2.05, 4.69) is 39.7 Å². The molecule has 1 aromatic rings. The molecule has 1 aliphatic heterocycles. The number of amides is 1. The second-order valence-electron chi connectivity index (χ2n) is 7.64. The van der Waals surface area contributed by atoms with Crippen molar-refractivity contribution < 1.29 is 14.6 Å². The maximum absolute atomic E-state index is 12.9. The molecule has 0 aromatic carbocycles. The first kappa shape index (κ1) is 17.9. The van der Waals surface area contributed by atoms with Crippen LogP contribution in [-0.2, 0) is 10.3 Å². The molecule has 1 aromatic heterocycles. The first-order chi connectivity index (χ1) is 10.6. The highest BCUT2D eigenvalue weighted by Crippen LogP contribution is 2.25. The van der Waals surface area contributed by atoms with Gasteiger partial charge in [0, 0.05) is 12.2 Å². The van der Waals surface area contributed by atoms with E-state index in [1.54, 1.807) is 4.90 Å². The zero-order chi connectivity index (χ0) is 17.4. The maximum atomic E-state index is 12.9. The van der Waals surface area contributed by atoms with E-state index in [-0.39, 0.29) is 36.1 Å². The number of hydrogen-bond donors (Lipinski definition) is 1. The summed E-state index contributed by atoms with van der Waals surface area (Å²) in [5.74, 6) is 0.194. The van der Waals surface area contributed by atoms with Gasteiger partial charge in [-0.05, 0) is 39.7 Å². The van der Waals surface area contributed by atoms with E-state index in [1.807, 2.05) is 17.7 Å². The minimum atomic E-state index is -0.315. The lowest BCUT2D eigenvalue weighted by molar-refractivity contribution is -0.0669. The average Bonchev–Trinajstić information content (AvgIpc) is 2.92. The molecule has 2 rings (SSSR count). The largest absolute Gasteiger partial charge is 0.394 e. The fourth-order valence-corrected chi connectivity index (χ4v) is 2.81. The SMILES string of the molecule is CC(C)c1cc(C(=O)N2CC(CO)OCC2C)nn1C(C)(C)C. The number of carbonyl (C=O) groups is 1. The maximum Gasteiger partial charge on any atom is 0.274 e. The first-order valence-corrected chi connectivity index (χ1v) is 8.29. The van der Waals surface area contributed by atoms with E-state index < -0.39 is 0 Å². The average molecular weight is 323 g/mol. The van der Waals surface area contributed by atoms with Crippen molar-refractivity contribution in [3.63, 3.8) is 0 Å². The smallest absolute Gasteiger partial charge is 0.274 e. The van der Waals surface area contributed by atoms with Crippen molar-refractivity contribution in [1.82, 2.24) is 14.7 Å². The van der Waals surface area contributed by atoms with E-state index in [4.69, 9.17) is 4.74 Å². The molecular formula is C17H29N3O3. The van der Waals surface area contributed by atoms with Gasteiger partial charge >= 0.3 is 0 Å². The van der Waals surface area contributed by atoms with Gasteiger partial charge in [0.15, 0.2) is 5.69 Å². The number of nitrogens with zero attached hydrogens (tertiary/aromatic N) is 3. The fraction of sp³-hybridized carbons (Fsp3) is 0.765. The lowest BCUT2D eigenvalue weighted by Crippen LogP contribution is -2.52. The first-order valence-electron chi connectivity index (χ1n) is 8.29. The summed E-state index contributed by atoms with van der Waals surface area (Å²) >= 11 is 0. The van der Waals surface area contributed by atoms with Gasteiger partial charge in [-0.1, -0.05) is 13.8 Å². The van der Waals surface area contributed by atoms with E-state index in [1.165, 1.54) is 0 Å². The highest BCUT2D eigenvalue weighted by Gasteiger charge is 2.32. The summed E-state index contributed by atoms with van der Waals surface area (Å²) in [6.45, 7) is 13.2. The van der Waals surface area contributed by atoms with Gasteiger partial charge in [0.1, 0.15) is 0 Å². The summed E-state index contributed by atoms with van der Waals surface area (Å²) in [4.78, 5) is 14.7. The number of ether oxygens (including phenoxy) is 1. The van der Waals surface area contributed by atoms with Gasteiger partial charge in [0.25, 0.3) is 5.91 Å². The van der Waals surface area contributed by atoms with E-state index in [9.17, 15) is 9.90 Å². The Morgan fingerprint density at radius 3 is 2.61 bits per heavy atom. The summed E-state index contributed by atoms with van der Waals surface area (Å²) in [6.07, 6.45) is -0.315. The number of aliphatic hydroxyl groups excluding tert-OH is 1. The predicted octanol–water partition coefficient (Wildman–Crippen LogP) is 1.98. The second-order valence-corrected chi connectivity index (χ2v) is 7.64. The van der Waals surface area contributed by atoms with Crippen molar-refractivity contribution in [3.05, 3.63) is 17.5 Å². The number of morpholine rings is 1. The molecule has 23 heavy (non-hydrogen) atoms. The highest BCUT2D eigenvalue weighted by molar-refractivity contribution is 5.92. The summed E-state index contributed by atoms with van der Waals surface area (Å²) < 4.78 is 7.45. The lowest BCUT2D eigenvalue weighted by Gasteiger charge is -2.37. The van der Waals surface area contributed by atoms with E-state index in [0.717, 1.165) is 5.69 Å². The van der Waals surface area contributed by atoms with Crippen LogP contribution in [-0.4, -0.2) is 57.6 Å². The molecule has 6 heteroatoms. The van der Waals surface area contributed by atoms with Gasteiger partial charge in [-0.15, -0.1) is 0 Å². The van der Waals surface area contributed by atoms with Crippen LogP contribution in [0.2, 0.25) is 0 Å². The summed E-state index contributed by atoms with van der Waals surface area (Å²) in [5, 5.41) is 13.9. The molecule has 1 amide bonds. The molecule has 1 fully saturated rings. The Hall–Kier alpha value is -1.40. The Balaban J connectivity index is 2.32. The third-order valence-electron chi connectivity index (χ3n) is 4.15. The quantitative estimate of drug-likeness (QED) is 0.923. The van der Waals surface area contributed by atoms with Crippen LogP contribution in [0.15, 0.2) is 6.07 Å². The molecule has 0 spiro atoms. The molecule has 6 nitrogen and oxygen atoms in total. The lowest BCUT2D eigenvalue weighted by atomic mass is 10.1. The minimum absolute atomic E-state index is 0.0208. The number of hydrogen-bond acceptors (Lipinski definition) is 4. The molecule has 2 unspecified atom stereocenters. The Bertz CT molecular complexity index is 560. The zero-order valence-corrected chi connectivity index (χ0v) is 15.0. The Morgan fingerprint density at radius 2 is 2.13 bits per heavy atom. The van der Waals surface area contributed by atoms with Gasteiger partial charge < -0.3 is 14.7 Å². The second kappa shape index (κ2) is 6.61. The van der Waals surface area contributed by atoms with E-state index >= 15 is 0 Å². The van der Waals surface area contributed by atoms with Crippen LogP contribution in [0.3, 0.4) is 0 Å². The molecule has 130 valence electrons. The highest BCUT2D eigenvalue weighted by atomic mass is 16.5. The van der Waals surface area contributed by atoms with Crippen LogP contribution in [0.4, 0.5) is 0 Å². The van der Waals surface area contributed by atoms with Crippen molar-refractivity contribution in [3.8, 4) is 0 Å². The molecule has 2 heterocycles. The van der Waals surface area contributed by atoms with E-state index in [0.29, 0.717) is 18.8 Å². The van der Waals surface area contributed by atoms with Gasteiger partial charge in [0.2, 0.25) is 0 Å². The third-order valence-corrected chi connectivity index (χ3v) is 4.15. The zero-order valence-electron chi connectivity index (χ0n) is 15.0. The molecule has 1 N–H and O–H groups in total. The van der Waals surface area contributed by atoms with Crippen LogP contribution >= 0.6 is 0 Å². The Kier molecular flexibility index (Phi) is 5.16. The normalized spacial score (nSPS) is 22.7. The summed E-state index contributed by atoms with van der Waals surface area (Å²) in [7, 11) is 0. The topological polar surface area (TPSA) is 67.6 Å². The molecule has 0 radical (unpaired) electrons. The van der Waals surface area contributed by atoms with Crippen LogP contribution in [0.5, 0.6) is 0 Å². The van der Waals surface area contributed by atoms with Crippen molar-refractivity contribution in [2.24, 2.45) is 0 Å². The molecule has 0 aliphatic carbocycles. The molecule has 1 saturated heterocycles. The Labute approximate surface area is 138 Å². The fourth-order valence-electron chi connectivity index (χ4n) is 2.81. The van der Waals surface area contributed by atoms with Gasteiger partial charge in [-0.3, -0.25) is 9.48 Å². The Morgan fingerprint density at radius 1 is 1.48 bits per heavy atom. The van der Waals surface area contributed by atoms with Crippen LogP contribution < -0.4 is 0 Å². The van der Waals surface area contributed by atoms with Crippen molar-refractivity contribution in [2.45, 2.75) is 65.1 Å². The number of carbonyl (C=O) groups excluding carboxylic acids is 1. The predicted molar refractivity (Wildman–Crippen MR) is 88.6 cm³/mol. The van der Waals surface area contributed by atoms with Crippen molar-refractivity contribution >= 4 is 5.91 Å². The van der Waals surface area contributed by atoms with Crippen molar-refractivity contribution in [1.29, 1.82) is 0 Å². The van der Waals surface area contributed by atoms with Crippen LogP contribution in [0, 0.1) is 0 Å².